The molecule has 15 heavy (non-hydrogen) atoms. The van der Waals surface area contributed by atoms with Gasteiger partial charge in [0, 0.05) is 0 Å². The minimum absolute atomic E-state index is 0.449. The van der Waals surface area contributed by atoms with Gasteiger partial charge in [0.25, 0.3) is 6.55 Å². The molecule has 1 N–H and O–H groups in total. The molecule has 0 bridgehead atoms. The number of alkyl halides is 2. The van der Waals surface area contributed by atoms with Crippen LogP contribution >= 0.6 is 0 Å². The summed E-state index contributed by atoms with van der Waals surface area (Å²) in [5.41, 5.74) is 0.449. The van der Waals surface area contributed by atoms with E-state index in [-0.39, 0.29) is 0 Å². The Balaban J connectivity index is 2.86. The summed E-state index contributed by atoms with van der Waals surface area (Å²) in [5.74, 6) is -0.735. The molecule has 0 heterocycles. The van der Waals surface area contributed by atoms with E-state index in [1.165, 1.54) is 0 Å². The van der Waals surface area contributed by atoms with E-state index in [2.05, 4.69) is 4.74 Å². The number of esters is 1. The van der Waals surface area contributed by atoms with Gasteiger partial charge in [0.2, 0.25) is 0 Å². The van der Waals surface area contributed by atoms with Crippen molar-refractivity contribution in [2.75, 3.05) is 7.11 Å². The summed E-state index contributed by atoms with van der Waals surface area (Å²) < 4.78 is 28.7. The van der Waals surface area contributed by atoms with Gasteiger partial charge in [0.1, 0.15) is 6.04 Å². The summed E-state index contributed by atoms with van der Waals surface area (Å²) in [4.78, 5) is 11.2. The number of halogens is 2. The Kier molecular flexibility index (Phi) is 4.17. The van der Waals surface area contributed by atoms with E-state index >= 15 is 0 Å². The van der Waals surface area contributed by atoms with Crippen LogP contribution in [0.2, 0.25) is 0 Å². The molecule has 82 valence electrons. The molecule has 1 unspecified atom stereocenters. The van der Waals surface area contributed by atoms with Gasteiger partial charge in [-0.15, -0.1) is 0 Å². The number of hydrogen-bond acceptors (Lipinski definition) is 3. The molecule has 0 fully saturated rings. The van der Waals surface area contributed by atoms with E-state index in [1.807, 2.05) is 5.32 Å². The van der Waals surface area contributed by atoms with Gasteiger partial charge in [-0.1, -0.05) is 30.3 Å². The van der Waals surface area contributed by atoms with Gasteiger partial charge in [0.05, 0.1) is 7.11 Å². The van der Waals surface area contributed by atoms with Crippen molar-refractivity contribution in [2.45, 2.75) is 12.6 Å². The second-order valence-corrected chi connectivity index (χ2v) is 2.83. The van der Waals surface area contributed by atoms with Crippen LogP contribution in [0.5, 0.6) is 0 Å². The van der Waals surface area contributed by atoms with E-state index in [0.29, 0.717) is 5.56 Å². The molecular weight excluding hydrogens is 204 g/mol. The number of carbonyl (C=O) groups excluding carboxylic acids is 1. The van der Waals surface area contributed by atoms with Crippen molar-refractivity contribution in [3.63, 3.8) is 0 Å². The molecule has 1 aromatic carbocycles. The normalized spacial score (nSPS) is 12.5. The van der Waals surface area contributed by atoms with Crippen molar-refractivity contribution in [1.29, 1.82) is 0 Å². The first-order valence-corrected chi connectivity index (χ1v) is 4.32. The van der Waals surface area contributed by atoms with E-state index < -0.39 is 18.6 Å². The Morgan fingerprint density at radius 3 is 2.40 bits per heavy atom. The van der Waals surface area contributed by atoms with Crippen LogP contribution < -0.4 is 5.32 Å². The number of benzene rings is 1. The molecule has 3 nitrogen and oxygen atoms in total. The largest absolute Gasteiger partial charge is 0.468 e. The monoisotopic (exact) mass is 215 g/mol. The molecule has 0 saturated heterocycles. The molecule has 0 aromatic heterocycles. The molecule has 0 spiro atoms. The van der Waals surface area contributed by atoms with Crippen molar-refractivity contribution in [1.82, 2.24) is 5.32 Å². The SMILES string of the molecule is COC(=O)C(NC(F)F)c1ccccc1. The van der Waals surface area contributed by atoms with Gasteiger partial charge in [-0.25, -0.2) is 10.1 Å². The lowest BCUT2D eigenvalue weighted by molar-refractivity contribution is -0.144. The fourth-order valence-corrected chi connectivity index (χ4v) is 1.19. The maximum Gasteiger partial charge on any atom is 0.327 e. The van der Waals surface area contributed by atoms with Gasteiger partial charge in [-0.05, 0) is 5.56 Å². The maximum atomic E-state index is 12.1. The average Bonchev–Trinajstić information content (AvgIpc) is 2.26. The number of hydrogen-bond donors (Lipinski definition) is 1. The lowest BCUT2D eigenvalue weighted by Crippen LogP contribution is -2.33. The summed E-state index contributed by atoms with van der Waals surface area (Å²) in [6.45, 7) is -2.77. The van der Waals surface area contributed by atoms with Crippen LogP contribution in [0, 0.1) is 0 Å². The van der Waals surface area contributed by atoms with Crippen LogP contribution in [0.3, 0.4) is 0 Å². The molecule has 1 aromatic rings. The van der Waals surface area contributed by atoms with E-state index in [0.717, 1.165) is 7.11 Å². The Labute approximate surface area is 86.0 Å². The fourth-order valence-electron chi connectivity index (χ4n) is 1.19. The lowest BCUT2D eigenvalue weighted by atomic mass is 10.1. The summed E-state index contributed by atoms with van der Waals surface area (Å²) in [6, 6.07) is 7.10. The Morgan fingerprint density at radius 2 is 1.93 bits per heavy atom. The summed E-state index contributed by atoms with van der Waals surface area (Å²) >= 11 is 0. The number of nitrogens with one attached hydrogen (secondary N) is 1. The Morgan fingerprint density at radius 1 is 1.33 bits per heavy atom. The average molecular weight is 215 g/mol. The van der Waals surface area contributed by atoms with Crippen LogP contribution in [-0.2, 0) is 9.53 Å². The van der Waals surface area contributed by atoms with Gasteiger partial charge in [-0.3, -0.25) is 0 Å². The third-order valence-corrected chi connectivity index (χ3v) is 1.86. The third-order valence-electron chi connectivity index (χ3n) is 1.86. The van der Waals surface area contributed by atoms with Crippen molar-refractivity contribution in [2.24, 2.45) is 0 Å². The van der Waals surface area contributed by atoms with Gasteiger partial charge >= 0.3 is 5.97 Å². The molecule has 0 saturated carbocycles. The summed E-state index contributed by atoms with van der Waals surface area (Å²) in [7, 11) is 1.16. The maximum absolute atomic E-state index is 12.1. The van der Waals surface area contributed by atoms with Crippen molar-refractivity contribution >= 4 is 5.97 Å². The van der Waals surface area contributed by atoms with Crippen LogP contribution in [0.4, 0.5) is 8.78 Å². The number of rotatable bonds is 4. The molecular formula is C10H11F2NO2. The molecule has 1 rings (SSSR count). The molecule has 0 radical (unpaired) electrons. The van der Waals surface area contributed by atoms with Gasteiger partial charge in [-0.2, -0.15) is 8.78 Å². The molecule has 0 amide bonds. The molecule has 0 aliphatic rings. The highest BCUT2D eigenvalue weighted by molar-refractivity contribution is 5.77. The first-order valence-electron chi connectivity index (χ1n) is 4.32. The zero-order chi connectivity index (χ0) is 11.3. The molecule has 1 atom stereocenters. The van der Waals surface area contributed by atoms with Gasteiger partial charge in [0.15, 0.2) is 0 Å². The predicted octanol–water partition coefficient (Wildman–Crippen LogP) is 1.71. The summed E-state index contributed by atoms with van der Waals surface area (Å²) in [6.07, 6.45) is 0. The number of ether oxygens (including phenoxy) is 1. The van der Waals surface area contributed by atoms with Crippen LogP contribution in [0.1, 0.15) is 11.6 Å². The smallest absolute Gasteiger partial charge is 0.327 e. The molecule has 0 aliphatic carbocycles. The second-order valence-electron chi connectivity index (χ2n) is 2.83. The third kappa shape index (κ3) is 3.28. The highest BCUT2D eigenvalue weighted by Crippen LogP contribution is 2.15. The first-order chi connectivity index (χ1) is 7.15. The summed E-state index contributed by atoms with van der Waals surface area (Å²) in [5, 5.41) is 1.84. The van der Waals surface area contributed by atoms with E-state index in [1.54, 1.807) is 30.3 Å². The standard InChI is InChI=1S/C10H11F2NO2/c1-15-9(14)8(13-10(11)12)7-5-3-2-4-6-7/h2-6,8,10,13H,1H3. The zero-order valence-electron chi connectivity index (χ0n) is 8.11. The minimum atomic E-state index is -2.77. The first kappa shape index (κ1) is 11.6. The van der Waals surface area contributed by atoms with Crippen molar-refractivity contribution in [3.05, 3.63) is 35.9 Å². The second kappa shape index (κ2) is 5.41. The minimum Gasteiger partial charge on any atom is -0.468 e. The molecule has 0 aliphatic heterocycles. The quantitative estimate of drug-likeness (QED) is 0.613. The lowest BCUT2D eigenvalue weighted by Gasteiger charge is -2.15. The van der Waals surface area contributed by atoms with Crippen LogP contribution in [0.15, 0.2) is 30.3 Å². The van der Waals surface area contributed by atoms with Gasteiger partial charge < -0.3 is 4.74 Å². The fraction of sp³-hybridized carbons (Fsp3) is 0.300. The van der Waals surface area contributed by atoms with E-state index in [9.17, 15) is 13.6 Å². The molecule has 5 heteroatoms. The zero-order valence-corrected chi connectivity index (χ0v) is 8.11. The Bertz CT molecular complexity index is 316. The number of carbonyl (C=O) groups is 1. The topological polar surface area (TPSA) is 38.3 Å². The van der Waals surface area contributed by atoms with E-state index in [4.69, 9.17) is 0 Å². The Hall–Kier alpha value is -1.49. The number of methoxy groups -OCH3 is 1. The van der Waals surface area contributed by atoms with Crippen molar-refractivity contribution in [3.8, 4) is 0 Å². The highest BCUT2D eigenvalue weighted by Gasteiger charge is 2.23. The highest BCUT2D eigenvalue weighted by atomic mass is 19.3. The van der Waals surface area contributed by atoms with Crippen molar-refractivity contribution < 1.29 is 18.3 Å². The van der Waals surface area contributed by atoms with Crippen LogP contribution in [-0.4, -0.2) is 19.6 Å². The predicted molar refractivity (Wildman–Crippen MR) is 50.3 cm³/mol. The van der Waals surface area contributed by atoms with Crippen LogP contribution in [0.25, 0.3) is 0 Å².